The summed E-state index contributed by atoms with van der Waals surface area (Å²) in [6, 6.07) is 11.7. The number of hydrogen-bond donors (Lipinski definition) is 2. The van der Waals surface area contributed by atoms with Crippen molar-refractivity contribution in [1.82, 2.24) is 15.2 Å². The molecule has 0 radical (unpaired) electrons. The number of rotatable bonds is 8. The molecule has 0 saturated carbocycles. The first-order valence-corrected chi connectivity index (χ1v) is 12.3. The van der Waals surface area contributed by atoms with Crippen LogP contribution in [0.25, 0.3) is 0 Å². The molecule has 2 saturated heterocycles. The van der Waals surface area contributed by atoms with Crippen molar-refractivity contribution >= 4 is 23.3 Å². The van der Waals surface area contributed by atoms with Gasteiger partial charge < -0.3 is 20.3 Å². The van der Waals surface area contributed by atoms with Gasteiger partial charge in [0.1, 0.15) is 5.82 Å². The number of pyridine rings is 1. The summed E-state index contributed by atoms with van der Waals surface area (Å²) in [6.07, 6.45) is 5.70. The molecule has 4 rings (SSSR count). The third kappa shape index (κ3) is 6.77. The maximum absolute atomic E-state index is 12.8. The number of aromatic nitrogens is 1. The number of morpholine rings is 1. The molecule has 8 nitrogen and oxygen atoms in total. The van der Waals surface area contributed by atoms with Gasteiger partial charge in [-0.25, -0.2) is 4.98 Å². The monoisotopic (exact) mass is 465 g/mol. The van der Waals surface area contributed by atoms with E-state index in [0.717, 1.165) is 69.3 Å². The first-order chi connectivity index (χ1) is 16.6. The van der Waals surface area contributed by atoms with Crippen molar-refractivity contribution in [1.29, 1.82) is 0 Å². The van der Waals surface area contributed by atoms with E-state index in [9.17, 15) is 9.59 Å². The van der Waals surface area contributed by atoms with Gasteiger partial charge in [-0.2, -0.15) is 0 Å². The number of nitrogens with zero attached hydrogens (tertiary/aromatic N) is 3. The van der Waals surface area contributed by atoms with Gasteiger partial charge in [-0.15, -0.1) is 0 Å². The molecule has 2 fully saturated rings. The van der Waals surface area contributed by atoms with Gasteiger partial charge in [0.05, 0.1) is 13.2 Å². The lowest BCUT2D eigenvalue weighted by molar-refractivity contribution is -0.116. The van der Waals surface area contributed by atoms with E-state index in [1.54, 1.807) is 12.3 Å². The smallest absolute Gasteiger partial charge is 0.251 e. The number of amides is 2. The zero-order valence-electron chi connectivity index (χ0n) is 20.0. The Labute approximate surface area is 201 Å². The molecule has 2 aliphatic heterocycles. The van der Waals surface area contributed by atoms with Gasteiger partial charge in [-0.1, -0.05) is 12.1 Å². The van der Waals surface area contributed by atoms with Crippen molar-refractivity contribution in [3.63, 3.8) is 0 Å². The SMILES string of the molecule is CC1CCCCN1c1cc(C(=O)NCc2cccc(NC(=O)CCN3CCOCC3)c2)ccn1. The molecular formula is C26H35N5O3. The molecule has 8 heteroatoms. The highest BCUT2D eigenvalue weighted by molar-refractivity contribution is 5.95. The maximum atomic E-state index is 12.8. The van der Waals surface area contributed by atoms with Crippen LogP contribution in [0.2, 0.25) is 0 Å². The van der Waals surface area contributed by atoms with E-state index < -0.39 is 0 Å². The first kappa shape index (κ1) is 24.2. The third-order valence-corrected chi connectivity index (χ3v) is 6.53. The number of hydrogen-bond acceptors (Lipinski definition) is 6. The lowest BCUT2D eigenvalue weighted by Crippen LogP contribution is -2.38. The van der Waals surface area contributed by atoms with Crippen molar-refractivity contribution in [2.75, 3.05) is 49.6 Å². The molecule has 2 amide bonds. The van der Waals surface area contributed by atoms with E-state index in [1.165, 1.54) is 6.42 Å². The van der Waals surface area contributed by atoms with E-state index >= 15 is 0 Å². The Bertz CT molecular complexity index is 976. The van der Waals surface area contributed by atoms with Gasteiger partial charge in [0.2, 0.25) is 5.91 Å². The molecule has 1 atom stereocenters. The second-order valence-electron chi connectivity index (χ2n) is 9.08. The zero-order chi connectivity index (χ0) is 23.8. The van der Waals surface area contributed by atoms with E-state index in [-0.39, 0.29) is 11.8 Å². The van der Waals surface area contributed by atoms with Crippen molar-refractivity contribution in [3.8, 4) is 0 Å². The van der Waals surface area contributed by atoms with Gasteiger partial charge >= 0.3 is 0 Å². The highest BCUT2D eigenvalue weighted by Gasteiger charge is 2.20. The largest absolute Gasteiger partial charge is 0.379 e. The van der Waals surface area contributed by atoms with E-state index in [2.05, 4.69) is 32.3 Å². The average molecular weight is 466 g/mol. The second-order valence-corrected chi connectivity index (χ2v) is 9.08. The Morgan fingerprint density at radius 3 is 2.79 bits per heavy atom. The number of anilines is 2. The predicted molar refractivity (Wildman–Crippen MR) is 133 cm³/mol. The zero-order valence-corrected chi connectivity index (χ0v) is 20.0. The second kappa shape index (κ2) is 11.9. The predicted octanol–water partition coefficient (Wildman–Crippen LogP) is 3.05. The number of ether oxygens (including phenoxy) is 1. The standard InChI is InChI=1S/C26H35N5O3/c1-20-5-2-3-11-31(20)24-18-22(8-10-27-24)26(33)28-19-21-6-4-7-23(17-21)29-25(32)9-12-30-13-15-34-16-14-30/h4,6-8,10,17-18,20H,2-3,5,9,11-16,19H2,1H3,(H,28,33)(H,29,32). The minimum atomic E-state index is -0.131. The van der Waals surface area contributed by atoms with Crippen molar-refractivity contribution in [2.24, 2.45) is 0 Å². The Balaban J connectivity index is 1.28. The first-order valence-electron chi connectivity index (χ1n) is 12.3. The molecule has 2 N–H and O–H groups in total. The number of piperidine rings is 1. The van der Waals surface area contributed by atoms with Gasteiger partial charge in [0.15, 0.2) is 0 Å². The van der Waals surface area contributed by atoms with Crippen molar-refractivity contribution < 1.29 is 14.3 Å². The Kier molecular flexibility index (Phi) is 8.49. The maximum Gasteiger partial charge on any atom is 0.251 e. The highest BCUT2D eigenvalue weighted by atomic mass is 16.5. The molecule has 182 valence electrons. The highest BCUT2D eigenvalue weighted by Crippen LogP contribution is 2.23. The minimum Gasteiger partial charge on any atom is -0.379 e. The fourth-order valence-corrected chi connectivity index (χ4v) is 4.51. The van der Waals surface area contributed by atoms with Crippen LogP contribution in [0.4, 0.5) is 11.5 Å². The van der Waals surface area contributed by atoms with Crippen LogP contribution in [0.15, 0.2) is 42.6 Å². The Morgan fingerprint density at radius 2 is 1.97 bits per heavy atom. The van der Waals surface area contributed by atoms with Gasteiger partial charge in [-0.05, 0) is 56.0 Å². The number of nitrogens with one attached hydrogen (secondary N) is 2. The fourth-order valence-electron chi connectivity index (χ4n) is 4.51. The van der Waals surface area contributed by atoms with Gasteiger partial charge in [-0.3, -0.25) is 14.5 Å². The van der Waals surface area contributed by atoms with Crippen LogP contribution >= 0.6 is 0 Å². The fraction of sp³-hybridized carbons (Fsp3) is 0.500. The summed E-state index contributed by atoms with van der Waals surface area (Å²) in [7, 11) is 0. The van der Waals surface area contributed by atoms with Crippen LogP contribution in [-0.2, 0) is 16.1 Å². The van der Waals surface area contributed by atoms with E-state index in [0.29, 0.717) is 24.6 Å². The summed E-state index contributed by atoms with van der Waals surface area (Å²) < 4.78 is 5.34. The summed E-state index contributed by atoms with van der Waals surface area (Å²) in [5, 5.41) is 5.95. The van der Waals surface area contributed by atoms with Crippen LogP contribution in [0.5, 0.6) is 0 Å². The molecule has 2 aliphatic rings. The van der Waals surface area contributed by atoms with E-state index in [4.69, 9.17) is 4.74 Å². The lowest BCUT2D eigenvalue weighted by atomic mass is 10.0. The van der Waals surface area contributed by atoms with Crippen LogP contribution in [-0.4, -0.2) is 67.1 Å². The molecule has 0 aliphatic carbocycles. The molecule has 0 bridgehead atoms. The summed E-state index contributed by atoms with van der Waals surface area (Å²) in [5.74, 6) is 0.721. The van der Waals surface area contributed by atoms with Crippen molar-refractivity contribution in [2.45, 2.75) is 45.2 Å². The van der Waals surface area contributed by atoms with Crippen molar-refractivity contribution in [3.05, 3.63) is 53.7 Å². The molecule has 0 spiro atoms. The summed E-state index contributed by atoms with van der Waals surface area (Å²) >= 11 is 0. The number of carbonyl (C=O) groups excluding carboxylic acids is 2. The Morgan fingerprint density at radius 1 is 1.12 bits per heavy atom. The molecule has 1 aromatic heterocycles. The summed E-state index contributed by atoms with van der Waals surface area (Å²) in [6.45, 7) is 7.51. The van der Waals surface area contributed by atoms with Crippen LogP contribution in [0.1, 0.15) is 48.5 Å². The Hall–Kier alpha value is -2.97. The topological polar surface area (TPSA) is 86.8 Å². The third-order valence-electron chi connectivity index (χ3n) is 6.53. The summed E-state index contributed by atoms with van der Waals surface area (Å²) in [4.78, 5) is 34.2. The molecule has 1 aromatic carbocycles. The van der Waals surface area contributed by atoms with E-state index in [1.807, 2.05) is 30.3 Å². The van der Waals surface area contributed by atoms with Gasteiger partial charge in [0, 0.05) is 62.6 Å². The van der Waals surface area contributed by atoms with Crippen LogP contribution in [0.3, 0.4) is 0 Å². The van der Waals surface area contributed by atoms with Gasteiger partial charge in [0.25, 0.3) is 5.91 Å². The number of carbonyl (C=O) groups is 2. The minimum absolute atomic E-state index is 0.0102. The lowest BCUT2D eigenvalue weighted by Gasteiger charge is -2.34. The molecule has 3 heterocycles. The molecule has 34 heavy (non-hydrogen) atoms. The quantitative estimate of drug-likeness (QED) is 0.623. The molecule has 2 aromatic rings. The normalized spacial score (nSPS) is 19.0. The molecular weight excluding hydrogens is 430 g/mol. The number of benzene rings is 1. The summed E-state index contributed by atoms with van der Waals surface area (Å²) in [5.41, 5.74) is 2.28. The average Bonchev–Trinajstić information content (AvgIpc) is 2.87. The van der Waals surface area contributed by atoms with Crippen LogP contribution < -0.4 is 15.5 Å². The molecule has 1 unspecified atom stereocenters. The van der Waals surface area contributed by atoms with Crippen LogP contribution in [0, 0.1) is 0 Å².